The second-order valence-electron chi connectivity index (χ2n) is 5.27. The van der Waals surface area contributed by atoms with Crippen molar-refractivity contribution in [2.75, 3.05) is 5.32 Å². The molecule has 1 amide bonds. The summed E-state index contributed by atoms with van der Waals surface area (Å²) in [6, 6.07) is 9.79. The lowest BCUT2D eigenvalue weighted by atomic mass is 10.2. The van der Waals surface area contributed by atoms with E-state index in [2.05, 4.69) is 10.4 Å². The van der Waals surface area contributed by atoms with Gasteiger partial charge < -0.3 is 5.32 Å². The van der Waals surface area contributed by atoms with Crippen molar-refractivity contribution in [1.29, 1.82) is 0 Å². The fourth-order valence-electron chi connectivity index (χ4n) is 2.32. The predicted octanol–water partition coefficient (Wildman–Crippen LogP) is 3.39. The molecule has 0 bridgehead atoms. The molecule has 122 valence electrons. The van der Waals surface area contributed by atoms with Gasteiger partial charge in [0.25, 0.3) is 5.56 Å². The largest absolute Gasteiger partial charge is 0.323 e. The second kappa shape index (κ2) is 6.41. The van der Waals surface area contributed by atoms with Crippen molar-refractivity contribution in [3.8, 4) is 0 Å². The summed E-state index contributed by atoms with van der Waals surface area (Å²) in [5.74, 6) is -0.980. The van der Waals surface area contributed by atoms with E-state index in [4.69, 9.17) is 11.6 Å². The van der Waals surface area contributed by atoms with Gasteiger partial charge >= 0.3 is 0 Å². The minimum atomic E-state index is -0.858. The molecular formula is C17H13ClFN3O2. The Bertz CT molecular complexity index is 987. The Morgan fingerprint density at radius 3 is 2.79 bits per heavy atom. The summed E-state index contributed by atoms with van der Waals surface area (Å²) in [5.41, 5.74) is -0.0929. The van der Waals surface area contributed by atoms with E-state index in [-0.39, 0.29) is 16.3 Å². The predicted molar refractivity (Wildman–Crippen MR) is 90.8 cm³/mol. The first-order valence-electron chi connectivity index (χ1n) is 7.20. The zero-order chi connectivity index (χ0) is 17.3. The number of halogens is 2. The summed E-state index contributed by atoms with van der Waals surface area (Å²) in [4.78, 5) is 24.9. The van der Waals surface area contributed by atoms with Crippen molar-refractivity contribution in [2.45, 2.75) is 13.0 Å². The number of hydrogen-bond donors (Lipinski definition) is 1. The number of benzene rings is 2. The fourth-order valence-corrected chi connectivity index (χ4v) is 2.53. The molecular weight excluding hydrogens is 333 g/mol. The molecule has 3 aromatic rings. The van der Waals surface area contributed by atoms with Crippen molar-refractivity contribution < 1.29 is 9.18 Å². The van der Waals surface area contributed by atoms with E-state index < -0.39 is 17.8 Å². The molecule has 5 nitrogen and oxygen atoms in total. The van der Waals surface area contributed by atoms with Crippen LogP contribution in [0.15, 0.2) is 53.5 Å². The quantitative estimate of drug-likeness (QED) is 0.791. The topological polar surface area (TPSA) is 64.0 Å². The maximum absolute atomic E-state index is 13.1. The number of rotatable bonds is 3. The molecule has 0 saturated heterocycles. The minimum absolute atomic E-state index is 0.0781. The van der Waals surface area contributed by atoms with Crippen LogP contribution in [-0.2, 0) is 4.79 Å². The van der Waals surface area contributed by atoms with Crippen LogP contribution in [0.3, 0.4) is 0 Å². The number of anilines is 1. The average Bonchev–Trinajstić information content (AvgIpc) is 2.57. The summed E-state index contributed by atoms with van der Waals surface area (Å²) in [5, 5.41) is 7.89. The summed E-state index contributed by atoms with van der Waals surface area (Å²) in [6.07, 6.45) is 1.53. The van der Waals surface area contributed by atoms with Crippen molar-refractivity contribution in [3.05, 3.63) is 69.9 Å². The molecule has 1 aromatic heterocycles. The zero-order valence-corrected chi connectivity index (χ0v) is 13.4. The number of nitrogens with one attached hydrogen (secondary N) is 1. The van der Waals surface area contributed by atoms with Crippen LogP contribution in [0.2, 0.25) is 5.02 Å². The highest BCUT2D eigenvalue weighted by Gasteiger charge is 2.19. The minimum Gasteiger partial charge on any atom is -0.323 e. The Hall–Kier alpha value is -2.73. The van der Waals surface area contributed by atoms with Gasteiger partial charge in [0.1, 0.15) is 11.9 Å². The standard InChI is InChI=1S/C17H13ClFN3O2/c1-10(16(23)21-15-7-6-12(19)8-14(15)18)22-17(24)13-5-3-2-4-11(13)9-20-22/h2-10H,1H3,(H,21,23)/t10-/m1/s1. The van der Waals surface area contributed by atoms with E-state index >= 15 is 0 Å². The third-order valence-corrected chi connectivity index (χ3v) is 3.97. The molecule has 2 aromatic carbocycles. The molecule has 1 N–H and O–H groups in total. The Kier molecular flexibility index (Phi) is 4.31. The van der Waals surface area contributed by atoms with Gasteiger partial charge in [-0.3, -0.25) is 9.59 Å². The lowest BCUT2D eigenvalue weighted by Crippen LogP contribution is -2.33. The van der Waals surface area contributed by atoms with E-state index in [1.54, 1.807) is 31.2 Å². The molecule has 0 aliphatic carbocycles. The van der Waals surface area contributed by atoms with E-state index in [0.29, 0.717) is 10.8 Å². The molecule has 0 saturated carbocycles. The van der Waals surface area contributed by atoms with Gasteiger partial charge in [-0.15, -0.1) is 0 Å². The summed E-state index contributed by atoms with van der Waals surface area (Å²) in [7, 11) is 0. The third kappa shape index (κ3) is 3.00. The van der Waals surface area contributed by atoms with Gasteiger partial charge in [0, 0.05) is 5.39 Å². The van der Waals surface area contributed by atoms with E-state index in [1.807, 2.05) is 0 Å². The number of nitrogens with zero attached hydrogens (tertiary/aromatic N) is 2. The Labute approximate surface area is 141 Å². The van der Waals surface area contributed by atoms with Crippen LogP contribution >= 0.6 is 11.6 Å². The second-order valence-corrected chi connectivity index (χ2v) is 5.68. The number of fused-ring (bicyclic) bond motifs is 1. The van der Waals surface area contributed by atoms with Gasteiger partial charge in [-0.1, -0.05) is 29.8 Å². The Morgan fingerprint density at radius 2 is 2.04 bits per heavy atom. The average molecular weight is 346 g/mol. The molecule has 7 heteroatoms. The molecule has 1 atom stereocenters. The van der Waals surface area contributed by atoms with E-state index in [9.17, 15) is 14.0 Å². The molecule has 0 spiro atoms. The normalized spacial score (nSPS) is 12.1. The maximum atomic E-state index is 13.1. The number of aromatic nitrogens is 2. The molecule has 0 aliphatic rings. The van der Waals surface area contributed by atoms with Crippen molar-refractivity contribution in [3.63, 3.8) is 0 Å². The maximum Gasteiger partial charge on any atom is 0.275 e. The van der Waals surface area contributed by atoms with Gasteiger partial charge in [-0.2, -0.15) is 5.10 Å². The van der Waals surface area contributed by atoms with Crippen LogP contribution in [0.4, 0.5) is 10.1 Å². The summed E-state index contributed by atoms with van der Waals surface area (Å²) in [6.45, 7) is 1.55. The van der Waals surface area contributed by atoms with Crippen LogP contribution in [-0.4, -0.2) is 15.7 Å². The van der Waals surface area contributed by atoms with E-state index in [0.717, 1.165) is 10.7 Å². The molecule has 0 fully saturated rings. The number of carbonyl (C=O) groups is 1. The highest BCUT2D eigenvalue weighted by atomic mass is 35.5. The first-order chi connectivity index (χ1) is 11.5. The highest BCUT2D eigenvalue weighted by molar-refractivity contribution is 6.33. The first kappa shape index (κ1) is 16.1. The molecule has 3 rings (SSSR count). The smallest absolute Gasteiger partial charge is 0.275 e. The highest BCUT2D eigenvalue weighted by Crippen LogP contribution is 2.23. The van der Waals surface area contributed by atoms with Crippen LogP contribution < -0.4 is 10.9 Å². The third-order valence-electron chi connectivity index (χ3n) is 3.66. The van der Waals surface area contributed by atoms with Gasteiger partial charge in [-0.05, 0) is 31.2 Å². The number of carbonyl (C=O) groups excluding carboxylic acids is 1. The van der Waals surface area contributed by atoms with E-state index in [1.165, 1.54) is 18.3 Å². The molecule has 0 unspecified atom stereocenters. The SMILES string of the molecule is C[C@H](C(=O)Nc1ccc(F)cc1Cl)n1ncc2ccccc2c1=O. The van der Waals surface area contributed by atoms with Crippen molar-refractivity contribution >= 4 is 34.0 Å². The fraction of sp³-hybridized carbons (Fsp3) is 0.118. The first-order valence-corrected chi connectivity index (χ1v) is 7.57. The lowest BCUT2D eigenvalue weighted by molar-refractivity contribution is -0.119. The van der Waals surface area contributed by atoms with Crippen molar-refractivity contribution in [1.82, 2.24) is 9.78 Å². The zero-order valence-electron chi connectivity index (χ0n) is 12.7. The number of hydrogen-bond acceptors (Lipinski definition) is 3. The Morgan fingerprint density at radius 1 is 1.29 bits per heavy atom. The summed E-state index contributed by atoms with van der Waals surface area (Å²) >= 11 is 5.89. The molecule has 1 heterocycles. The molecule has 0 radical (unpaired) electrons. The molecule has 0 aliphatic heterocycles. The summed E-state index contributed by atoms with van der Waals surface area (Å²) < 4.78 is 14.2. The van der Waals surface area contributed by atoms with Crippen molar-refractivity contribution in [2.24, 2.45) is 0 Å². The number of amides is 1. The van der Waals surface area contributed by atoms with Crippen LogP contribution in [0.25, 0.3) is 10.8 Å². The van der Waals surface area contributed by atoms with Gasteiger partial charge in [0.15, 0.2) is 0 Å². The molecule has 24 heavy (non-hydrogen) atoms. The van der Waals surface area contributed by atoms with Gasteiger partial charge in [0.2, 0.25) is 5.91 Å². The van der Waals surface area contributed by atoms with Crippen LogP contribution in [0.1, 0.15) is 13.0 Å². The van der Waals surface area contributed by atoms with Crippen LogP contribution in [0.5, 0.6) is 0 Å². The van der Waals surface area contributed by atoms with Gasteiger partial charge in [-0.25, -0.2) is 9.07 Å². The van der Waals surface area contributed by atoms with Crippen LogP contribution in [0, 0.1) is 5.82 Å². The van der Waals surface area contributed by atoms with Gasteiger partial charge in [0.05, 0.1) is 22.3 Å². The lowest BCUT2D eigenvalue weighted by Gasteiger charge is -2.15. The monoisotopic (exact) mass is 345 g/mol. The Balaban J connectivity index is 1.91.